The van der Waals surface area contributed by atoms with E-state index in [-0.39, 0.29) is 23.2 Å². The Morgan fingerprint density at radius 2 is 1.74 bits per heavy atom. The van der Waals surface area contributed by atoms with Crippen molar-refractivity contribution >= 4 is 11.9 Å². The average Bonchev–Trinajstić information content (AvgIpc) is 2.60. The molecule has 1 aromatic carbocycles. The minimum Gasteiger partial charge on any atom is -0.481 e. The fourth-order valence-corrected chi connectivity index (χ4v) is 6.56. The topological polar surface area (TPSA) is 66.4 Å². The van der Waals surface area contributed by atoms with Gasteiger partial charge in [0.1, 0.15) is 0 Å². The van der Waals surface area contributed by atoms with Gasteiger partial charge in [0, 0.05) is 13.0 Å². The van der Waals surface area contributed by atoms with Crippen LogP contribution < -0.4 is 5.32 Å². The van der Waals surface area contributed by atoms with Gasteiger partial charge >= 0.3 is 5.97 Å². The van der Waals surface area contributed by atoms with Crippen LogP contribution in [0.2, 0.25) is 0 Å². The van der Waals surface area contributed by atoms with E-state index in [1.165, 1.54) is 30.4 Å². The van der Waals surface area contributed by atoms with E-state index in [1.54, 1.807) is 0 Å². The third-order valence-electron chi connectivity index (χ3n) is 7.31. The van der Waals surface area contributed by atoms with E-state index in [0.29, 0.717) is 24.8 Å². The predicted molar refractivity (Wildman–Crippen MR) is 104 cm³/mol. The summed E-state index contributed by atoms with van der Waals surface area (Å²) >= 11 is 0. The number of carboxylic acid groups (broad SMARTS) is 1. The molecule has 0 radical (unpaired) electrons. The largest absolute Gasteiger partial charge is 0.481 e. The summed E-state index contributed by atoms with van der Waals surface area (Å²) in [5.41, 5.74) is 2.69. The standard InChI is InChI=1S/C23H31NO3/c1-16-5-7-19(8-6-16)22-11-17-10-18(12-22)14-23(13-17,15-22)21(27)24-9-3-2-4-20(25)26/h5-8,17-18H,2-4,9-15H2,1H3,(H,24,27)(H,25,26). The molecule has 4 bridgehead atoms. The van der Waals surface area contributed by atoms with E-state index in [1.807, 2.05) is 0 Å². The summed E-state index contributed by atoms with van der Waals surface area (Å²) in [6, 6.07) is 9.01. The molecule has 0 aliphatic heterocycles. The van der Waals surface area contributed by atoms with Gasteiger partial charge in [-0.25, -0.2) is 0 Å². The molecule has 1 amide bonds. The first kappa shape index (κ1) is 18.5. The fourth-order valence-electron chi connectivity index (χ4n) is 6.56. The number of unbranched alkanes of at least 4 members (excludes halogenated alkanes) is 1. The Kier molecular flexibility index (Phi) is 4.77. The van der Waals surface area contributed by atoms with Crippen LogP contribution in [-0.2, 0) is 15.0 Å². The molecule has 0 spiro atoms. The molecule has 4 saturated carbocycles. The van der Waals surface area contributed by atoms with Gasteiger partial charge in [0.25, 0.3) is 0 Å². The molecule has 1 aromatic rings. The second-order valence-electron chi connectivity index (χ2n) is 9.49. The zero-order valence-electron chi connectivity index (χ0n) is 16.3. The highest BCUT2D eigenvalue weighted by molar-refractivity contribution is 5.83. The SMILES string of the molecule is Cc1ccc(C23CC4CC(CC(C(=O)NCCCCC(=O)O)(C4)C2)C3)cc1. The van der Waals surface area contributed by atoms with Crippen LogP contribution in [0.25, 0.3) is 0 Å². The number of carboxylic acids is 1. The monoisotopic (exact) mass is 369 g/mol. The van der Waals surface area contributed by atoms with E-state index in [2.05, 4.69) is 36.5 Å². The highest BCUT2D eigenvalue weighted by Gasteiger charge is 2.60. The van der Waals surface area contributed by atoms with Gasteiger partial charge in [-0.2, -0.15) is 0 Å². The Morgan fingerprint density at radius 1 is 1.07 bits per heavy atom. The molecular formula is C23H31NO3. The highest BCUT2D eigenvalue weighted by atomic mass is 16.4. The van der Waals surface area contributed by atoms with Crippen molar-refractivity contribution in [1.29, 1.82) is 0 Å². The van der Waals surface area contributed by atoms with Crippen LogP contribution in [0.5, 0.6) is 0 Å². The van der Waals surface area contributed by atoms with Gasteiger partial charge in [0.05, 0.1) is 5.41 Å². The molecule has 0 heterocycles. The van der Waals surface area contributed by atoms with Gasteiger partial charge < -0.3 is 10.4 Å². The van der Waals surface area contributed by atoms with Crippen LogP contribution in [0, 0.1) is 24.2 Å². The predicted octanol–water partition coefficient (Wildman–Crippen LogP) is 4.20. The second kappa shape index (κ2) is 6.96. The van der Waals surface area contributed by atoms with Crippen molar-refractivity contribution in [3.8, 4) is 0 Å². The minimum atomic E-state index is -0.762. The van der Waals surface area contributed by atoms with E-state index in [9.17, 15) is 9.59 Å². The maximum Gasteiger partial charge on any atom is 0.303 e. The molecule has 4 aliphatic carbocycles. The summed E-state index contributed by atoms with van der Waals surface area (Å²) in [4.78, 5) is 23.8. The Morgan fingerprint density at radius 3 is 2.37 bits per heavy atom. The summed E-state index contributed by atoms with van der Waals surface area (Å²) < 4.78 is 0. The quantitative estimate of drug-likeness (QED) is 0.708. The Hall–Kier alpha value is -1.84. The van der Waals surface area contributed by atoms with Crippen LogP contribution in [0.3, 0.4) is 0 Å². The maximum atomic E-state index is 13.2. The molecule has 2 N–H and O–H groups in total. The van der Waals surface area contributed by atoms with E-state index in [0.717, 1.165) is 25.7 Å². The van der Waals surface area contributed by atoms with Gasteiger partial charge in [-0.1, -0.05) is 29.8 Å². The lowest BCUT2D eigenvalue weighted by atomic mass is 9.42. The molecular weight excluding hydrogens is 338 g/mol. The van der Waals surface area contributed by atoms with Crippen LogP contribution in [-0.4, -0.2) is 23.5 Å². The third-order valence-corrected chi connectivity index (χ3v) is 7.31. The van der Waals surface area contributed by atoms with Crippen molar-refractivity contribution in [3.63, 3.8) is 0 Å². The first-order valence-electron chi connectivity index (χ1n) is 10.5. The molecule has 4 aliphatic rings. The summed E-state index contributed by atoms with van der Waals surface area (Å²) in [6.07, 6.45) is 8.38. The molecule has 4 fully saturated rings. The molecule has 2 unspecified atom stereocenters. The number of hydrogen-bond acceptors (Lipinski definition) is 2. The maximum absolute atomic E-state index is 13.2. The molecule has 0 aromatic heterocycles. The van der Waals surface area contributed by atoms with Crippen molar-refractivity contribution in [2.45, 2.75) is 70.1 Å². The number of rotatable bonds is 7. The lowest BCUT2D eigenvalue weighted by molar-refractivity contribution is -0.149. The number of aryl methyl sites for hydroxylation is 1. The van der Waals surface area contributed by atoms with Crippen molar-refractivity contribution in [3.05, 3.63) is 35.4 Å². The smallest absolute Gasteiger partial charge is 0.303 e. The second-order valence-corrected chi connectivity index (χ2v) is 9.49. The van der Waals surface area contributed by atoms with Crippen LogP contribution in [0.15, 0.2) is 24.3 Å². The molecule has 2 atom stereocenters. The Bertz CT molecular complexity index is 710. The first-order chi connectivity index (χ1) is 12.9. The van der Waals surface area contributed by atoms with E-state index < -0.39 is 5.97 Å². The van der Waals surface area contributed by atoms with Crippen LogP contribution >= 0.6 is 0 Å². The summed E-state index contributed by atoms with van der Waals surface area (Å²) in [5.74, 6) is 0.807. The molecule has 4 heteroatoms. The number of amides is 1. The van der Waals surface area contributed by atoms with Gasteiger partial charge in [0.2, 0.25) is 5.91 Å². The van der Waals surface area contributed by atoms with E-state index in [4.69, 9.17) is 5.11 Å². The zero-order valence-corrected chi connectivity index (χ0v) is 16.3. The number of benzene rings is 1. The third kappa shape index (κ3) is 3.51. The Labute approximate surface area is 161 Å². The summed E-state index contributed by atoms with van der Waals surface area (Å²) in [7, 11) is 0. The zero-order chi connectivity index (χ0) is 19.1. The molecule has 146 valence electrons. The number of carbonyl (C=O) groups is 2. The normalized spacial score (nSPS) is 33.8. The van der Waals surface area contributed by atoms with Crippen LogP contribution in [0.4, 0.5) is 0 Å². The average molecular weight is 370 g/mol. The summed E-state index contributed by atoms with van der Waals surface area (Å²) in [6.45, 7) is 2.73. The van der Waals surface area contributed by atoms with Gasteiger partial charge in [-0.05, 0) is 81.1 Å². The number of carbonyl (C=O) groups excluding carboxylic acids is 1. The molecule has 4 nitrogen and oxygen atoms in total. The molecule has 5 rings (SSSR count). The van der Waals surface area contributed by atoms with Crippen LogP contribution in [0.1, 0.15) is 68.9 Å². The highest BCUT2D eigenvalue weighted by Crippen LogP contribution is 2.65. The number of aliphatic carboxylic acids is 1. The molecule has 0 saturated heterocycles. The summed E-state index contributed by atoms with van der Waals surface area (Å²) in [5, 5.41) is 11.9. The lowest BCUT2D eigenvalue weighted by Crippen LogP contribution is -2.59. The van der Waals surface area contributed by atoms with Crippen molar-refractivity contribution in [2.24, 2.45) is 17.3 Å². The van der Waals surface area contributed by atoms with E-state index >= 15 is 0 Å². The fraction of sp³-hybridized carbons (Fsp3) is 0.652. The van der Waals surface area contributed by atoms with Crippen molar-refractivity contribution < 1.29 is 14.7 Å². The van der Waals surface area contributed by atoms with Gasteiger partial charge in [0.15, 0.2) is 0 Å². The lowest BCUT2D eigenvalue weighted by Gasteiger charge is -2.61. The number of nitrogens with one attached hydrogen (secondary N) is 1. The van der Waals surface area contributed by atoms with Crippen molar-refractivity contribution in [1.82, 2.24) is 5.32 Å². The number of hydrogen-bond donors (Lipinski definition) is 2. The minimum absolute atomic E-state index is 0.179. The molecule has 27 heavy (non-hydrogen) atoms. The van der Waals surface area contributed by atoms with Crippen molar-refractivity contribution in [2.75, 3.05) is 6.54 Å². The first-order valence-corrected chi connectivity index (χ1v) is 10.5. The van der Waals surface area contributed by atoms with Gasteiger partial charge in [-0.3, -0.25) is 9.59 Å². The van der Waals surface area contributed by atoms with Gasteiger partial charge in [-0.15, -0.1) is 0 Å². The Balaban J connectivity index is 1.47.